The van der Waals surface area contributed by atoms with Gasteiger partial charge in [-0.1, -0.05) is 58.7 Å². The van der Waals surface area contributed by atoms with Crippen LogP contribution in [0.5, 0.6) is 5.75 Å². The third-order valence-electron chi connectivity index (χ3n) is 4.94. The van der Waals surface area contributed by atoms with Crippen molar-refractivity contribution in [3.63, 3.8) is 0 Å². The first-order chi connectivity index (χ1) is 15.4. The summed E-state index contributed by atoms with van der Waals surface area (Å²) in [5, 5.41) is 12.2. The summed E-state index contributed by atoms with van der Waals surface area (Å²) < 4.78 is 7.40. The highest BCUT2D eigenvalue weighted by molar-refractivity contribution is 6.34. The number of benzene rings is 2. The van der Waals surface area contributed by atoms with Crippen molar-refractivity contribution in [3.8, 4) is 5.75 Å². The van der Waals surface area contributed by atoms with Crippen LogP contribution in [0.15, 0.2) is 64.6 Å². The largest absolute Gasteiger partial charge is 0.487 e. The van der Waals surface area contributed by atoms with Gasteiger partial charge in [0.25, 0.3) is 5.56 Å². The van der Waals surface area contributed by atoms with Crippen molar-refractivity contribution >= 4 is 29.2 Å². The number of pyridine rings is 1. The highest BCUT2D eigenvalue weighted by Gasteiger charge is 2.15. The summed E-state index contributed by atoms with van der Waals surface area (Å²) in [6.45, 7) is 0.434. The van der Waals surface area contributed by atoms with Crippen molar-refractivity contribution in [1.82, 2.24) is 4.57 Å². The van der Waals surface area contributed by atoms with Crippen LogP contribution in [0.4, 0.5) is 0 Å². The molecule has 0 bridgehead atoms. The molecule has 0 aliphatic carbocycles. The number of nitroso groups, excluding NO2 is 1. The average molecular weight is 475 g/mol. The third kappa shape index (κ3) is 5.75. The summed E-state index contributed by atoms with van der Waals surface area (Å²) >= 11 is 12.5. The first-order valence-electron chi connectivity index (χ1n) is 9.80. The molecule has 0 saturated heterocycles. The van der Waals surface area contributed by atoms with Gasteiger partial charge in [0.1, 0.15) is 17.4 Å². The molecular formula is C23H20Cl2N2O5. The number of aromatic carboxylic acids is 1. The molecule has 1 heterocycles. The Morgan fingerprint density at radius 3 is 2.44 bits per heavy atom. The standard InChI is InChI=1S/C23H20Cl2N2O5/c24-18-13-19(25)22(28)27(12-10-15-5-7-17(8-6-15)23(29)30)20(18)14-32-21-4-2-1-3-16(21)9-11-26-31/h1-8,13H,9-12,14H2,(H,29,30). The van der Waals surface area contributed by atoms with Gasteiger partial charge in [-0.2, -0.15) is 4.91 Å². The molecule has 0 spiro atoms. The van der Waals surface area contributed by atoms with Crippen LogP contribution >= 0.6 is 23.2 Å². The number of aromatic nitrogens is 1. The Labute approximate surface area is 194 Å². The number of carbonyl (C=O) groups is 1. The van der Waals surface area contributed by atoms with Gasteiger partial charge in [0.2, 0.25) is 0 Å². The molecular weight excluding hydrogens is 455 g/mol. The lowest BCUT2D eigenvalue weighted by Crippen LogP contribution is -2.26. The molecule has 1 N–H and O–H groups in total. The summed E-state index contributed by atoms with van der Waals surface area (Å²) in [7, 11) is 0. The fraction of sp³-hybridized carbons (Fsp3) is 0.217. The van der Waals surface area contributed by atoms with E-state index in [9.17, 15) is 14.5 Å². The molecule has 3 aromatic rings. The van der Waals surface area contributed by atoms with Crippen molar-refractivity contribution < 1.29 is 14.6 Å². The van der Waals surface area contributed by atoms with Crippen LogP contribution in [0.25, 0.3) is 0 Å². The summed E-state index contributed by atoms with van der Waals surface area (Å²) in [5.41, 5.74) is 1.94. The number of hydrogen-bond acceptors (Lipinski definition) is 5. The molecule has 9 heteroatoms. The predicted octanol–water partition coefficient (Wildman–Crippen LogP) is 4.98. The first kappa shape index (κ1) is 23.5. The fourth-order valence-corrected chi connectivity index (χ4v) is 3.77. The summed E-state index contributed by atoms with van der Waals surface area (Å²) in [6, 6.07) is 15.1. The maximum absolute atomic E-state index is 12.7. The van der Waals surface area contributed by atoms with Crippen LogP contribution in [-0.4, -0.2) is 22.2 Å². The molecule has 32 heavy (non-hydrogen) atoms. The number of nitrogens with zero attached hydrogens (tertiary/aromatic N) is 2. The molecule has 1 aromatic heterocycles. The van der Waals surface area contributed by atoms with Gasteiger partial charge in [-0.05, 0) is 48.2 Å². The van der Waals surface area contributed by atoms with E-state index in [2.05, 4.69) is 5.18 Å². The van der Waals surface area contributed by atoms with Crippen molar-refractivity contribution in [2.75, 3.05) is 6.54 Å². The molecule has 0 radical (unpaired) electrons. The Balaban J connectivity index is 1.82. The second kappa shape index (κ2) is 10.9. The third-order valence-corrected chi connectivity index (χ3v) is 5.54. The molecule has 0 unspecified atom stereocenters. The number of carboxylic acids is 1. The van der Waals surface area contributed by atoms with Crippen LogP contribution in [0, 0.1) is 4.91 Å². The van der Waals surface area contributed by atoms with Gasteiger partial charge in [-0.25, -0.2) is 4.79 Å². The number of para-hydroxylation sites is 1. The highest BCUT2D eigenvalue weighted by Crippen LogP contribution is 2.24. The zero-order chi connectivity index (χ0) is 23.1. The van der Waals surface area contributed by atoms with Gasteiger partial charge < -0.3 is 14.4 Å². The lowest BCUT2D eigenvalue weighted by molar-refractivity contribution is 0.0697. The smallest absolute Gasteiger partial charge is 0.335 e. The van der Waals surface area contributed by atoms with Crippen LogP contribution in [0.1, 0.15) is 27.2 Å². The maximum Gasteiger partial charge on any atom is 0.335 e. The van der Waals surface area contributed by atoms with Gasteiger partial charge >= 0.3 is 5.97 Å². The van der Waals surface area contributed by atoms with Crippen molar-refractivity contribution in [1.29, 1.82) is 0 Å². The highest BCUT2D eigenvalue weighted by atomic mass is 35.5. The average Bonchev–Trinajstić information content (AvgIpc) is 2.79. The van der Waals surface area contributed by atoms with Gasteiger partial charge in [-0.15, -0.1) is 0 Å². The maximum atomic E-state index is 12.7. The van der Waals surface area contributed by atoms with Gasteiger partial charge in [-0.3, -0.25) is 4.79 Å². The lowest BCUT2D eigenvalue weighted by Gasteiger charge is -2.17. The normalized spacial score (nSPS) is 10.7. The van der Waals surface area contributed by atoms with Crippen LogP contribution < -0.4 is 10.3 Å². The number of aryl methyl sites for hydroxylation is 1. The minimum atomic E-state index is -1.00. The Kier molecular flexibility index (Phi) is 8.03. The van der Waals surface area contributed by atoms with E-state index in [0.29, 0.717) is 29.3 Å². The van der Waals surface area contributed by atoms with Gasteiger partial charge in [0, 0.05) is 6.54 Å². The zero-order valence-corrected chi connectivity index (χ0v) is 18.5. The molecule has 0 fully saturated rings. The van der Waals surface area contributed by atoms with E-state index in [1.165, 1.54) is 22.8 Å². The fourth-order valence-electron chi connectivity index (χ4n) is 3.24. The number of halogens is 2. The molecule has 166 valence electrons. The molecule has 0 aliphatic heterocycles. The van der Waals surface area contributed by atoms with Crippen molar-refractivity contribution in [3.05, 3.63) is 102 Å². The van der Waals surface area contributed by atoms with Crippen LogP contribution in [0.3, 0.4) is 0 Å². The quantitative estimate of drug-likeness (QED) is 0.417. The Morgan fingerprint density at radius 1 is 1.03 bits per heavy atom. The Hall–Kier alpha value is -3.16. The number of carboxylic acid groups (broad SMARTS) is 1. The molecule has 7 nitrogen and oxygen atoms in total. The first-order valence-corrected chi connectivity index (χ1v) is 10.6. The molecule has 0 amide bonds. The number of hydrogen-bond donors (Lipinski definition) is 1. The van der Waals surface area contributed by atoms with Crippen LogP contribution in [0.2, 0.25) is 10.0 Å². The molecule has 0 aliphatic rings. The molecule has 0 saturated carbocycles. The minimum absolute atomic E-state index is 0.00238. The SMILES string of the molecule is O=NCCc1ccccc1OCc1c(Cl)cc(Cl)c(=O)n1CCc1ccc(C(=O)O)cc1. The van der Waals surface area contributed by atoms with E-state index in [0.717, 1.165) is 11.1 Å². The number of ether oxygens (including phenoxy) is 1. The van der Waals surface area contributed by atoms with Crippen molar-refractivity contribution in [2.24, 2.45) is 5.18 Å². The minimum Gasteiger partial charge on any atom is -0.487 e. The van der Waals surface area contributed by atoms with Crippen LogP contribution in [-0.2, 0) is 26.0 Å². The molecule has 3 rings (SSSR count). The van der Waals surface area contributed by atoms with E-state index in [-0.39, 0.29) is 30.3 Å². The number of rotatable bonds is 10. The Morgan fingerprint density at radius 2 is 1.75 bits per heavy atom. The lowest BCUT2D eigenvalue weighted by atomic mass is 10.1. The second-order valence-electron chi connectivity index (χ2n) is 6.99. The molecule has 0 atom stereocenters. The second-order valence-corrected chi connectivity index (χ2v) is 7.81. The van der Waals surface area contributed by atoms with Gasteiger partial charge in [0.05, 0.1) is 22.8 Å². The van der Waals surface area contributed by atoms with E-state index in [4.69, 9.17) is 33.0 Å². The Bertz CT molecular complexity index is 1180. The van der Waals surface area contributed by atoms with E-state index in [1.807, 2.05) is 18.2 Å². The van der Waals surface area contributed by atoms with E-state index >= 15 is 0 Å². The zero-order valence-electron chi connectivity index (χ0n) is 17.0. The predicted molar refractivity (Wildman–Crippen MR) is 123 cm³/mol. The van der Waals surface area contributed by atoms with E-state index in [1.54, 1.807) is 18.2 Å². The summed E-state index contributed by atoms with van der Waals surface area (Å²) in [6.07, 6.45) is 0.901. The summed E-state index contributed by atoms with van der Waals surface area (Å²) in [4.78, 5) is 34.2. The van der Waals surface area contributed by atoms with Gasteiger partial charge in [0.15, 0.2) is 0 Å². The topological polar surface area (TPSA) is 98.0 Å². The summed E-state index contributed by atoms with van der Waals surface area (Å²) in [5.74, 6) is -0.427. The van der Waals surface area contributed by atoms with Crippen molar-refractivity contribution in [2.45, 2.75) is 26.0 Å². The van der Waals surface area contributed by atoms with E-state index < -0.39 is 11.5 Å². The monoisotopic (exact) mass is 474 g/mol. The molecule has 2 aromatic carbocycles.